The molecule has 2 aromatic heterocycles. The molecule has 146 valence electrons. The fourth-order valence-corrected chi connectivity index (χ4v) is 2.63. The van der Waals surface area contributed by atoms with Gasteiger partial charge >= 0.3 is 6.18 Å². The van der Waals surface area contributed by atoms with Gasteiger partial charge in [-0.1, -0.05) is 23.7 Å². The third-order valence-electron chi connectivity index (χ3n) is 3.83. The van der Waals surface area contributed by atoms with E-state index in [0.717, 1.165) is 22.4 Å². The molecule has 0 unspecified atom stereocenters. The van der Waals surface area contributed by atoms with Gasteiger partial charge in [0.2, 0.25) is 0 Å². The first-order chi connectivity index (χ1) is 13.3. The standard InChI is InChI=1S/C18H13ClF4N4O/c19-16-14(24-7-6-11-2-1-3-13(20)8-11)10-26-27(17(16)28)15-5-4-12(9-25-15)18(21,22)23/h1-5,8-10,24H,6-7H2. The number of alkyl halides is 3. The molecule has 0 saturated heterocycles. The number of pyridine rings is 1. The average Bonchev–Trinajstić information content (AvgIpc) is 2.65. The highest BCUT2D eigenvalue weighted by Crippen LogP contribution is 2.28. The minimum absolute atomic E-state index is 0.0915. The second kappa shape index (κ2) is 7.97. The van der Waals surface area contributed by atoms with E-state index in [4.69, 9.17) is 11.6 Å². The Labute approximate surface area is 161 Å². The van der Waals surface area contributed by atoms with Gasteiger partial charge in [-0.3, -0.25) is 4.79 Å². The maximum Gasteiger partial charge on any atom is 0.417 e. The van der Waals surface area contributed by atoms with E-state index >= 15 is 0 Å². The lowest BCUT2D eigenvalue weighted by molar-refractivity contribution is -0.137. The van der Waals surface area contributed by atoms with E-state index in [1.807, 2.05) is 0 Å². The van der Waals surface area contributed by atoms with Gasteiger partial charge in [-0.05, 0) is 36.2 Å². The molecule has 10 heteroatoms. The highest BCUT2D eigenvalue weighted by atomic mass is 35.5. The fraction of sp³-hybridized carbons (Fsp3) is 0.167. The van der Waals surface area contributed by atoms with Crippen molar-refractivity contribution in [2.45, 2.75) is 12.6 Å². The Morgan fingerprint density at radius 1 is 1.14 bits per heavy atom. The van der Waals surface area contributed by atoms with Crippen molar-refractivity contribution in [2.24, 2.45) is 0 Å². The van der Waals surface area contributed by atoms with Crippen molar-refractivity contribution in [3.05, 3.63) is 81.1 Å². The van der Waals surface area contributed by atoms with Crippen LogP contribution in [0.25, 0.3) is 5.82 Å². The van der Waals surface area contributed by atoms with Gasteiger partial charge < -0.3 is 5.32 Å². The maximum atomic E-state index is 13.2. The molecule has 0 fully saturated rings. The molecule has 0 aliphatic rings. The Balaban J connectivity index is 1.75. The molecule has 3 aromatic rings. The Kier molecular flexibility index (Phi) is 5.64. The molecule has 0 aliphatic carbocycles. The Hall–Kier alpha value is -2.94. The highest BCUT2D eigenvalue weighted by Gasteiger charge is 2.30. The second-order valence-corrected chi connectivity index (χ2v) is 6.18. The lowest BCUT2D eigenvalue weighted by atomic mass is 10.1. The summed E-state index contributed by atoms with van der Waals surface area (Å²) in [6, 6.07) is 7.93. The molecule has 0 spiro atoms. The SMILES string of the molecule is O=c1c(Cl)c(NCCc2cccc(F)c2)cnn1-c1ccc(C(F)(F)F)cn1. The molecule has 1 aromatic carbocycles. The summed E-state index contributed by atoms with van der Waals surface area (Å²) in [5.41, 5.74) is -0.652. The van der Waals surface area contributed by atoms with Gasteiger partial charge in [0.15, 0.2) is 5.82 Å². The van der Waals surface area contributed by atoms with Gasteiger partial charge in [-0.25, -0.2) is 9.37 Å². The number of hydrogen-bond donors (Lipinski definition) is 1. The summed E-state index contributed by atoms with van der Waals surface area (Å²) in [6.07, 6.45) is -2.16. The van der Waals surface area contributed by atoms with Crippen LogP contribution >= 0.6 is 11.6 Å². The van der Waals surface area contributed by atoms with Gasteiger partial charge in [0, 0.05) is 12.7 Å². The number of rotatable bonds is 5. The first-order valence-corrected chi connectivity index (χ1v) is 8.43. The minimum Gasteiger partial charge on any atom is -0.382 e. The Bertz CT molecular complexity index is 1030. The largest absolute Gasteiger partial charge is 0.417 e. The van der Waals surface area contributed by atoms with Crippen LogP contribution in [0.2, 0.25) is 5.02 Å². The lowest BCUT2D eigenvalue weighted by Gasteiger charge is -2.11. The van der Waals surface area contributed by atoms with Crippen molar-refractivity contribution in [1.82, 2.24) is 14.8 Å². The summed E-state index contributed by atoms with van der Waals surface area (Å²) in [5.74, 6) is -0.435. The summed E-state index contributed by atoms with van der Waals surface area (Å²) in [4.78, 5) is 16.0. The molecule has 5 nitrogen and oxygen atoms in total. The molecule has 28 heavy (non-hydrogen) atoms. The predicted octanol–water partition coefficient (Wildman–Crippen LogP) is 4.09. The molecular formula is C18H13ClF4N4O. The Morgan fingerprint density at radius 2 is 1.93 bits per heavy atom. The number of nitrogens with one attached hydrogen (secondary N) is 1. The molecule has 0 saturated carbocycles. The smallest absolute Gasteiger partial charge is 0.382 e. The van der Waals surface area contributed by atoms with Crippen molar-refractivity contribution in [3.8, 4) is 5.82 Å². The molecule has 3 rings (SSSR count). The Morgan fingerprint density at radius 3 is 2.57 bits per heavy atom. The zero-order valence-electron chi connectivity index (χ0n) is 14.2. The van der Waals surface area contributed by atoms with Crippen LogP contribution in [0, 0.1) is 5.82 Å². The van der Waals surface area contributed by atoms with E-state index in [2.05, 4.69) is 15.4 Å². The number of aromatic nitrogens is 3. The first-order valence-electron chi connectivity index (χ1n) is 8.05. The average molecular weight is 413 g/mol. The van der Waals surface area contributed by atoms with Crippen LogP contribution in [0.1, 0.15) is 11.1 Å². The van der Waals surface area contributed by atoms with Crippen LogP contribution in [-0.4, -0.2) is 21.3 Å². The maximum absolute atomic E-state index is 13.2. The van der Waals surface area contributed by atoms with Crippen LogP contribution in [0.3, 0.4) is 0 Å². The molecular weight excluding hydrogens is 400 g/mol. The van der Waals surface area contributed by atoms with Gasteiger partial charge in [0.1, 0.15) is 10.8 Å². The van der Waals surface area contributed by atoms with E-state index < -0.39 is 17.3 Å². The van der Waals surface area contributed by atoms with Crippen molar-refractivity contribution in [2.75, 3.05) is 11.9 Å². The predicted molar refractivity (Wildman–Crippen MR) is 96.2 cm³/mol. The summed E-state index contributed by atoms with van der Waals surface area (Å²) >= 11 is 6.06. The number of anilines is 1. The molecule has 0 bridgehead atoms. The molecule has 0 aliphatic heterocycles. The molecule has 0 atom stereocenters. The molecule has 0 radical (unpaired) electrons. The normalized spacial score (nSPS) is 11.5. The molecule has 0 amide bonds. The van der Waals surface area contributed by atoms with E-state index in [0.29, 0.717) is 19.2 Å². The molecule has 1 N–H and O–H groups in total. The van der Waals surface area contributed by atoms with E-state index in [9.17, 15) is 22.4 Å². The highest BCUT2D eigenvalue weighted by molar-refractivity contribution is 6.32. The monoisotopic (exact) mass is 412 g/mol. The number of hydrogen-bond acceptors (Lipinski definition) is 4. The third kappa shape index (κ3) is 4.48. The number of benzene rings is 1. The van der Waals surface area contributed by atoms with Crippen molar-refractivity contribution in [3.63, 3.8) is 0 Å². The van der Waals surface area contributed by atoms with Crippen LogP contribution in [0.5, 0.6) is 0 Å². The zero-order chi connectivity index (χ0) is 20.3. The molecule has 2 heterocycles. The summed E-state index contributed by atoms with van der Waals surface area (Å²) < 4.78 is 51.8. The van der Waals surface area contributed by atoms with Gasteiger partial charge in [0.25, 0.3) is 5.56 Å². The van der Waals surface area contributed by atoms with Gasteiger partial charge in [-0.2, -0.15) is 23.0 Å². The van der Waals surface area contributed by atoms with Crippen LogP contribution in [0.15, 0.2) is 53.6 Å². The first kappa shape index (κ1) is 19.8. The van der Waals surface area contributed by atoms with Crippen LogP contribution < -0.4 is 10.9 Å². The quantitative estimate of drug-likeness (QED) is 0.641. The van der Waals surface area contributed by atoms with Crippen LogP contribution in [-0.2, 0) is 12.6 Å². The summed E-state index contributed by atoms with van der Waals surface area (Å²) in [5, 5.41) is 6.64. The van der Waals surface area contributed by atoms with Gasteiger partial charge in [-0.15, -0.1) is 0 Å². The third-order valence-corrected chi connectivity index (χ3v) is 4.19. The minimum atomic E-state index is -4.53. The van der Waals surface area contributed by atoms with Crippen molar-refractivity contribution in [1.29, 1.82) is 0 Å². The van der Waals surface area contributed by atoms with Crippen molar-refractivity contribution < 1.29 is 17.6 Å². The number of halogens is 5. The summed E-state index contributed by atoms with van der Waals surface area (Å²) in [7, 11) is 0. The second-order valence-electron chi connectivity index (χ2n) is 5.80. The van der Waals surface area contributed by atoms with Gasteiger partial charge in [0.05, 0.1) is 17.4 Å². The topological polar surface area (TPSA) is 59.8 Å². The number of nitrogens with zero attached hydrogens (tertiary/aromatic N) is 3. The van der Waals surface area contributed by atoms with E-state index in [-0.39, 0.29) is 22.3 Å². The van der Waals surface area contributed by atoms with Crippen LogP contribution in [0.4, 0.5) is 23.2 Å². The van der Waals surface area contributed by atoms with E-state index in [1.165, 1.54) is 18.3 Å². The van der Waals surface area contributed by atoms with E-state index in [1.54, 1.807) is 12.1 Å². The fourth-order valence-electron chi connectivity index (χ4n) is 2.43. The lowest BCUT2D eigenvalue weighted by Crippen LogP contribution is -2.24. The zero-order valence-corrected chi connectivity index (χ0v) is 14.9. The van der Waals surface area contributed by atoms with Crippen molar-refractivity contribution >= 4 is 17.3 Å². The summed E-state index contributed by atoms with van der Waals surface area (Å²) in [6.45, 7) is 0.368.